The predicted octanol–water partition coefficient (Wildman–Crippen LogP) is 0.337. The van der Waals surface area contributed by atoms with Crippen LogP contribution in [0.2, 0.25) is 0 Å². The van der Waals surface area contributed by atoms with Crippen LogP contribution in [0.1, 0.15) is 0 Å². The molecule has 2 saturated heterocycles. The minimum absolute atomic E-state index is 0.797. The van der Waals surface area contributed by atoms with Gasteiger partial charge in [0.05, 0.1) is 13.2 Å². The number of piperazine rings is 1. The summed E-state index contributed by atoms with van der Waals surface area (Å²) in [5.74, 6) is 2.64. The molecule has 2 aliphatic rings. The van der Waals surface area contributed by atoms with Crippen LogP contribution in [0.3, 0.4) is 0 Å². The van der Waals surface area contributed by atoms with E-state index in [0.29, 0.717) is 0 Å². The Kier molecular flexibility index (Phi) is 5.90. The SMILES string of the molecule is c1cnc(N2CCN(c3cc(NCCN4CCOCC4)ncn3)CC2)nc1. The van der Waals surface area contributed by atoms with Gasteiger partial charge < -0.3 is 19.9 Å². The molecule has 2 aromatic heterocycles. The number of hydrogen-bond donors (Lipinski definition) is 1. The molecular weight excluding hydrogens is 344 g/mol. The molecule has 0 saturated carbocycles. The van der Waals surface area contributed by atoms with Gasteiger partial charge in [-0.1, -0.05) is 0 Å². The Morgan fingerprint density at radius 1 is 0.889 bits per heavy atom. The monoisotopic (exact) mass is 370 g/mol. The molecule has 0 bridgehead atoms. The first kappa shape index (κ1) is 17.9. The van der Waals surface area contributed by atoms with Gasteiger partial charge in [0.2, 0.25) is 5.95 Å². The number of nitrogens with one attached hydrogen (secondary N) is 1. The highest BCUT2D eigenvalue weighted by Gasteiger charge is 2.20. The third-order valence-corrected chi connectivity index (χ3v) is 4.93. The van der Waals surface area contributed by atoms with Crippen molar-refractivity contribution in [2.45, 2.75) is 0 Å². The molecule has 0 spiro atoms. The molecular formula is C18H26N8O. The topological polar surface area (TPSA) is 82.5 Å². The van der Waals surface area contributed by atoms with Crippen molar-refractivity contribution in [3.8, 4) is 0 Å². The van der Waals surface area contributed by atoms with E-state index in [0.717, 1.165) is 83.2 Å². The Balaban J connectivity index is 1.27. The molecule has 0 amide bonds. The fraction of sp³-hybridized carbons (Fsp3) is 0.556. The molecule has 0 aromatic carbocycles. The number of aromatic nitrogens is 4. The highest BCUT2D eigenvalue weighted by molar-refractivity contribution is 5.49. The predicted molar refractivity (Wildman–Crippen MR) is 104 cm³/mol. The summed E-state index contributed by atoms with van der Waals surface area (Å²) in [4.78, 5) is 24.4. The summed E-state index contributed by atoms with van der Waals surface area (Å²) < 4.78 is 5.38. The smallest absolute Gasteiger partial charge is 0.225 e. The third-order valence-electron chi connectivity index (χ3n) is 4.93. The Bertz CT molecular complexity index is 702. The molecule has 0 radical (unpaired) electrons. The highest BCUT2D eigenvalue weighted by atomic mass is 16.5. The molecule has 0 aliphatic carbocycles. The van der Waals surface area contributed by atoms with E-state index in [2.05, 4.69) is 40.0 Å². The zero-order valence-corrected chi connectivity index (χ0v) is 15.5. The van der Waals surface area contributed by atoms with Gasteiger partial charge in [0.25, 0.3) is 0 Å². The van der Waals surface area contributed by atoms with E-state index in [-0.39, 0.29) is 0 Å². The van der Waals surface area contributed by atoms with E-state index in [1.807, 2.05) is 12.1 Å². The van der Waals surface area contributed by atoms with Crippen molar-refractivity contribution in [2.75, 3.05) is 80.7 Å². The maximum Gasteiger partial charge on any atom is 0.225 e. The Morgan fingerprint density at radius 2 is 1.63 bits per heavy atom. The lowest BCUT2D eigenvalue weighted by Crippen LogP contribution is -2.47. The van der Waals surface area contributed by atoms with Crippen molar-refractivity contribution in [1.29, 1.82) is 0 Å². The standard InChI is InChI=1S/C18H26N8O/c1-2-20-18(21-3-1)26-8-6-25(7-9-26)17-14-16(22-15-23-17)19-4-5-24-10-12-27-13-11-24/h1-3,14-15H,4-13H2,(H,19,22,23). The van der Waals surface area contributed by atoms with Crippen LogP contribution in [0.15, 0.2) is 30.9 Å². The van der Waals surface area contributed by atoms with Crippen LogP contribution in [0.5, 0.6) is 0 Å². The Hall–Kier alpha value is -2.52. The van der Waals surface area contributed by atoms with E-state index in [1.165, 1.54) is 0 Å². The second-order valence-corrected chi connectivity index (χ2v) is 6.67. The summed E-state index contributed by atoms with van der Waals surface area (Å²) in [6, 6.07) is 3.88. The summed E-state index contributed by atoms with van der Waals surface area (Å²) in [7, 11) is 0. The number of ether oxygens (including phenoxy) is 1. The van der Waals surface area contributed by atoms with Crippen LogP contribution in [0.4, 0.5) is 17.6 Å². The van der Waals surface area contributed by atoms with E-state index in [1.54, 1.807) is 18.7 Å². The van der Waals surface area contributed by atoms with Crippen LogP contribution in [0.25, 0.3) is 0 Å². The van der Waals surface area contributed by atoms with Gasteiger partial charge in [0, 0.05) is 70.8 Å². The maximum absolute atomic E-state index is 5.38. The van der Waals surface area contributed by atoms with Crippen LogP contribution < -0.4 is 15.1 Å². The van der Waals surface area contributed by atoms with Crippen molar-refractivity contribution in [2.24, 2.45) is 0 Å². The fourth-order valence-corrected chi connectivity index (χ4v) is 3.37. The summed E-state index contributed by atoms with van der Waals surface area (Å²) in [6.07, 6.45) is 5.21. The summed E-state index contributed by atoms with van der Waals surface area (Å²) in [5, 5.41) is 3.42. The molecule has 2 fully saturated rings. The van der Waals surface area contributed by atoms with Crippen LogP contribution in [0, 0.1) is 0 Å². The molecule has 0 unspecified atom stereocenters. The van der Waals surface area contributed by atoms with E-state index in [4.69, 9.17) is 4.74 Å². The van der Waals surface area contributed by atoms with Gasteiger partial charge in [-0.15, -0.1) is 0 Å². The molecule has 0 atom stereocenters. The first-order valence-corrected chi connectivity index (χ1v) is 9.51. The lowest BCUT2D eigenvalue weighted by molar-refractivity contribution is 0.0398. The number of anilines is 3. The van der Waals surface area contributed by atoms with Gasteiger partial charge in [-0.3, -0.25) is 4.90 Å². The fourth-order valence-electron chi connectivity index (χ4n) is 3.37. The summed E-state index contributed by atoms with van der Waals surface area (Å²) in [5.41, 5.74) is 0. The Morgan fingerprint density at radius 3 is 2.41 bits per heavy atom. The molecule has 4 heterocycles. The zero-order chi connectivity index (χ0) is 18.3. The first-order valence-electron chi connectivity index (χ1n) is 9.51. The van der Waals surface area contributed by atoms with E-state index in [9.17, 15) is 0 Å². The van der Waals surface area contributed by atoms with Gasteiger partial charge in [-0.05, 0) is 6.07 Å². The van der Waals surface area contributed by atoms with Crippen LogP contribution in [-0.4, -0.2) is 90.4 Å². The van der Waals surface area contributed by atoms with E-state index < -0.39 is 0 Å². The molecule has 144 valence electrons. The van der Waals surface area contributed by atoms with Crippen molar-refractivity contribution >= 4 is 17.6 Å². The average Bonchev–Trinajstić information content (AvgIpc) is 2.76. The number of nitrogens with zero attached hydrogens (tertiary/aromatic N) is 7. The molecule has 9 nitrogen and oxygen atoms in total. The molecule has 1 N–H and O–H groups in total. The summed E-state index contributed by atoms with van der Waals surface area (Å²) >= 11 is 0. The van der Waals surface area contributed by atoms with Crippen molar-refractivity contribution < 1.29 is 4.74 Å². The maximum atomic E-state index is 5.38. The van der Waals surface area contributed by atoms with E-state index >= 15 is 0 Å². The van der Waals surface area contributed by atoms with Crippen molar-refractivity contribution in [1.82, 2.24) is 24.8 Å². The average molecular weight is 370 g/mol. The number of morpholine rings is 1. The summed E-state index contributed by atoms with van der Waals surface area (Å²) in [6.45, 7) is 9.09. The lowest BCUT2D eigenvalue weighted by atomic mass is 10.3. The Labute approximate surface area is 159 Å². The molecule has 2 aliphatic heterocycles. The van der Waals surface area contributed by atoms with Crippen LogP contribution in [-0.2, 0) is 4.74 Å². The minimum atomic E-state index is 0.797. The molecule has 2 aromatic rings. The van der Waals surface area contributed by atoms with Crippen molar-refractivity contribution in [3.63, 3.8) is 0 Å². The first-order chi connectivity index (χ1) is 13.4. The minimum Gasteiger partial charge on any atom is -0.379 e. The number of hydrogen-bond acceptors (Lipinski definition) is 9. The zero-order valence-electron chi connectivity index (χ0n) is 15.5. The van der Waals surface area contributed by atoms with Gasteiger partial charge in [-0.25, -0.2) is 19.9 Å². The highest BCUT2D eigenvalue weighted by Crippen LogP contribution is 2.17. The van der Waals surface area contributed by atoms with Gasteiger partial charge in [0.15, 0.2) is 0 Å². The molecule has 4 rings (SSSR count). The van der Waals surface area contributed by atoms with Gasteiger partial charge in [-0.2, -0.15) is 0 Å². The molecule has 27 heavy (non-hydrogen) atoms. The quantitative estimate of drug-likeness (QED) is 0.774. The normalized spacial score (nSPS) is 18.5. The van der Waals surface area contributed by atoms with Crippen LogP contribution >= 0.6 is 0 Å². The van der Waals surface area contributed by atoms with Crippen molar-refractivity contribution in [3.05, 3.63) is 30.9 Å². The lowest BCUT2D eigenvalue weighted by Gasteiger charge is -2.35. The number of rotatable bonds is 6. The molecule has 9 heteroatoms. The second kappa shape index (κ2) is 8.92. The van der Waals surface area contributed by atoms with Gasteiger partial charge >= 0.3 is 0 Å². The van der Waals surface area contributed by atoms with Gasteiger partial charge in [0.1, 0.15) is 18.0 Å². The third kappa shape index (κ3) is 4.81. The second-order valence-electron chi connectivity index (χ2n) is 6.67. The largest absolute Gasteiger partial charge is 0.379 e.